The molecule has 1 unspecified atom stereocenters. The molecule has 0 spiro atoms. The third kappa shape index (κ3) is 2.44. The SMILES string of the molecule is CS(=O)(=O)N1CCCC(n2c(=O)[nH]c3cnc4[nH]ccc4c32)CC1. The van der Waals surface area contributed by atoms with E-state index in [-0.39, 0.29) is 11.7 Å². The van der Waals surface area contributed by atoms with Gasteiger partial charge in [-0.2, -0.15) is 0 Å². The van der Waals surface area contributed by atoms with E-state index in [9.17, 15) is 13.2 Å². The third-order valence-corrected chi connectivity index (χ3v) is 6.05. The van der Waals surface area contributed by atoms with Gasteiger partial charge in [0.05, 0.1) is 23.5 Å². The number of pyridine rings is 1. The van der Waals surface area contributed by atoms with Crippen molar-refractivity contribution in [1.29, 1.82) is 0 Å². The van der Waals surface area contributed by atoms with Crippen LogP contribution in [0.3, 0.4) is 0 Å². The summed E-state index contributed by atoms with van der Waals surface area (Å²) < 4.78 is 26.9. The number of aromatic nitrogens is 4. The van der Waals surface area contributed by atoms with Crippen LogP contribution in [-0.4, -0.2) is 51.6 Å². The minimum Gasteiger partial charge on any atom is -0.346 e. The molecule has 3 aromatic heterocycles. The van der Waals surface area contributed by atoms with Crippen LogP contribution >= 0.6 is 0 Å². The van der Waals surface area contributed by atoms with Crippen molar-refractivity contribution in [1.82, 2.24) is 23.8 Å². The van der Waals surface area contributed by atoms with Crippen molar-refractivity contribution >= 4 is 32.1 Å². The Balaban J connectivity index is 1.80. The van der Waals surface area contributed by atoms with Gasteiger partial charge >= 0.3 is 5.69 Å². The van der Waals surface area contributed by atoms with Crippen LogP contribution in [0.15, 0.2) is 23.3 Å². The van der Waals surface area contributed by atoms with Gasteiger partial charge in [-0.05, 0) is 25.3 Å². The van der Waals surface area contributed by atoms with Crippen molar-refractivity contribution in [3.8, 4) is 0 Å². The van der Waals surface area contributed by atoms with E-state index in [1.54, 1.807) is 17.0 Å². The van der Waals surface area contributed by atoms with E-state index in [0.29, 0.717) is 25.0 Å². The van der Waals surface area contributed by atoms with Crippen LogP contribution in [0.4, 0.5) is 0 Å². The van der Waals surface area contributed by atoms with E-state index in [0.717, 1.165) is 29.4 Å². The molecule has 1 aliphatic rings. The molecule has 0 amide bonds. The fourth-order valence-electron chi connectivity index (χ4n) is 3.61. The summed E-state index contributed by atoms with van der Waals surface area (Å²) in [6.07, 6.45) is 6.82. The molecule has 0 aromatic carbocycles. The van der Waals surface area contributed by atoms with Crippen LogP contribution in [0.2, 0.25) is 0 Å². The van der Waals surface area contributed by atoms with E-state index in [2.05, 4.69) is 15.0 Å². The molecule has 1 atom stereocenters. The Morgan fingerprint density at radius 2 is 2.12 bits per heavy atom. The van der Waals surface area contributed by atoms with Gasteiger partial charge in [-0.25, -0.2) is 22.5 Å². The Bertz CT molecular complexity index is 1060. The zero-order valence-corrected chi connectivity index (χ0v) is 14.1. The average Bonchev–Trinajstić information content (AvgIpc) is 3.01. The molecule has 4 heterocycles. The average molecular weight is 349 g/mol. The van der Waals surface area contributed by atoms with E-state index in [1.165, 1.54) is 10.6 Å². The summed E-state index contributed by atoms with van der Waals surface area (Å²) >= 11 is 0. The number of nitrogens with one attached hydrogen (secondary N) is 2. The topological polar surface area (TPSA) is 104 Å². The molecule has 4 rings (SSSR count). The number of fused-ring (bicyclic) bond motifs is 3. The van der Waals surface area contributed by atoms with E-state index >= 15 is 0 Å². The number of sulfonamides is 1. The number of imidazole rings is 1. The van der Waals surface area contributed by atoms with Gasteiger partial charge in [0.1, 0.15) is 5.65 Å². The van der Waals surface area contributed by atoms with Crippen molar-refractivity contribution in [2.45, 2.75) is 25.3 Å². The van der Waals surface area contributed by atoms with E-state index in [1.807, 2.05) is 6.07 Å². The first-order valence-corrected chi connectivity index (χ1v) is 9.81. The first-order valence-electron chi connectivity index (χ1n) is 7.96. The predicted molar refractivity (Wildman–Crippen MR) is 91.5 cm³/mol. The van der Waals surface area contributed by atoms with Crippen LogP contribution in [0.5, 0.6) is 0 Å². The molecule has 1 fully saturated rings. The second kappa shape index (κ2) is 5.45. The van der Waals surface area contributed by atoms with Gasteiger partial charge in [-0.1, -0.05) is 0 Å². The summed E-state index contributed by atoms with van der Waals surface area (Å²) in [4.78, 5) is 22.8. The Kier molecular flexibility index (Phi) is 3.50. The largest absolute Gasteiger partial charge is 0.346 e. The molecule has 128 valence electrons. The van der Waals surface area contributed by atoms with Crippen LogP contribution < -0.4 is 5.69 Å². The number of aromatic amines is 2. The molecule has 9 heteroatoms. The molecule has 0 saturated carbocycles. The quantitative estimate of drug-likeness (QED) is 0.725. The normalized spacial score (nSPS) is 20.6. The number of hydrogen-bond donors (Lipinski definition) is 2. The lowest BCUT2D eigenvalue weighted by molar-refractivity contribution is 0.411. The summed E-state index contributed by atoms with van der Waals surface area (Å²) in [7, 11) is -3.20. The molecular formula is C15H19N5O3S. The van der Waals surface area contributed by atoms with Gasteiger partial charge in [-0.15, -0.1) is 0 Å². The Hall–Kier alpha value is -2.13. The van der Waals surface area contributed by atoms with Crippen LogP contribution in [0, 0.1) is 0 Å². The molecule has 8 nitrogen and oxygen atoms in total. The minimum atomic E-state index is -3.20. The number of H-pyrrole nitrogens is 2. The van der Waals surface area contributed by atoms with Crippen molar-refractivity contribution in [3.63, 3.8) is 0 Å². The van der Waals surface area contributed by atoms with Gasteiger partial charge in [-0.3, -0.25) is 4.57 Å². The summed E-state index contributed by atoms with van der Waals surface area (Å²) in [6, 6.07) is 1.88. The molecule has 0 bridgehead atoms. The predicted octanol–water partition coefficient (Wildman–Crippen LogP) is 1.19. The fraction of sp³-hybridized carbons (Fsp3) is 0.467. The highest BCUT2D eigenvalue weighted by atomic mass is 32.2. The maximum Gasteiger partial charge on any atom is 0.326 e. The first-order chi connectivity index (χ1) is 11.4. The number of rotatable bonds is 2. The van der Waals surface area contributed by atoms with Crippen molar-refractivity contribution in [2.75, 3.05) is 19.3 Å². The Labute approximate surface area is 138 Å². The van der Waals surface area contributed by atoms with Crippen LogP contribution in [-0.2, 0) is 10.0 Å². The zero-order chi connectivity index (χ0) is 16.9. The molecule has 1 aliphatic heterocycles. The molecule has 3 aromatic rings. The molecular weight excluding hydrogens is 330 g/mol. The highest BCUT2D eigenvalue weighted by molar-refractivity contribution is 7.88. The molecule has 24 heavy (non-hydrogen) atoms. The second-order valence-corrected chi connectivity index (χ2v) is 8.29. The van der Waals surface area contributed by atoms with Gasteiger partial charge < -0.3 is 9.97 Å². The van der Waals surface area contributed by atoms with Gasteiger partial charge in [0.15, 0.2) is 0 Å². The molecule has 2 N–H and O–H groups in total. The van der Waals surface area contributed by atoms with Gasteiger partial charge in [0.2, 0.25) is 10.0 Å². The van der Waals surface area contributed by atoms with Crippen LogP contribution in [0.25, 0.3) is 22.1 Å². The Morgan fingerprint density at radius 1 is 1.29 bits per heavy atom. The standard InChI is InChI=1S/C15H19N5O3S/c1-24(22,23)19-7-2-3-10(5-8-19)20-13-11-4-6-16-14(11)17-9-12(13)18-15(20)21/h4,6,9-10H,2-3,5,7-8H2,1H3,(H,16,17)(H,18,21). The molecule has 1 saturated heterocycles. The smallest absolute Gasteiger partial charge is 0.326 e. The molecule has 0 radical (unpaired) electrons. The lowest BCUT2D eigenvalue weighted by Gasteiger charge is -2.18. The summed E-state index contributed by atoms with van der Waals surface area (Å²) in [5.74, 6) is 0. The summed E-state index contributed by atoms with van der Waals surface area (Å²) in [5.41, 5.74) is 2.11. The number of hydrogen-bond acceptors (Lipinski definition) is 4. The molecule has 0 aliphatic carbocycles. The first kappa shape index (κ1) is 15.4. The third-order valence-electron chi connectivity index (χ3n) is 4.75. The zero-order valence-electron chi connectivity index (χ0n) is 13.3. The maximum atomic E-state index is 12.5. The Morgan fingerprint density at radius 3 is 2.92 bits per heavy atom. The fourth-order valence-corrected chi connectivity index (χ4v) is 4.51. The maximum absolute atomic E-state index is 12.5. The number of nitrogens with zero attached hydrogens (tertiary/aromatic N) is 3. The lowest BCUT2D eigenvalue weighted by atomic mass is 10.1. The second-order valence-electron chi connectivity index (χ2n) is 6.31. The van der Waals surface area contributed by atoms with E-state index < -0.39 is 10.0 Å². The highest BCUT2D eigenvalue weighted by Gasteiger charge is 2.26. The van der Waals surface area contributed by atoms with Crippen molar-refractivity contribution in [2.24, 2.45) is 0 Å². The lowest BCUT2D eigenvalue weighted by Crippen LogP contribution is -2.31. The van der Waals surface area contributed by atoms with Crippen molar-refractivity contribution in [3.05, 3.63) is 28.9 Å². The van der Waals surface area contributed by atoms with Gasteiger partial charge in [0, 0.05) is 30.7 Å². The van der Waals surface area contributed by atoms with Crippen molar-refractivity contribution < 1.29 is 8.42 Å². The van der Waals surface area contributed by atoms with Crippen LogP contribution in [0.1, 0.15) is 25.3 Å². The summed E-state index contributed by atoms with van der Waals surface area (Å²) in [6.45, 7) is 0.942. The highest BCUT2D eigenvalue weighted by Crippen LogP contribution is 2.28. The van der Waals surface area contributed by atoms with Gasteiger partial charge in [0.25, 0.3) is 0 Å². The minimum absolute atomic E-state index is 0.0292. The monoisotopic (exact) mass is 349 g/mol. The van der Waals surface area contributed by atoms with E-state index in [4.69, 9.17) is 0 Å². The summed E-state index contributed by atoms with van der Waals surface area (Å²) in [5, 5.41) is 0.898.